The van der Waals surface area contributed by atoms with Crippen LogP contribution in [0.2, 0.25) is 0 Å². The zero-order valence-electron chi connectivity index (χ0n) is 15.8. The highest BCUT2D eigenvalue weighted by atomic mass is 19.4. The van der Waals surface area contributed by atoms with Crippen LogP contribution in [0.5, 0.6) is 11.5 Å². The van der Waals surface area contributed by atoms with E-state index in [-0.39, 0.29) is 17.1 Å². The highest BCUT2D eigenvalue weighted by Gasteiger charge is 2.30. The number of hydrogen-bond donors (Lipinski definition) is 2. The average Bonchev–Trinajstić information content (AvgIpc) is 3.06. The molecule has 2 rings (SSSR count). The van der Waals surface area contributed by atoms with E-state index < -0.39 is 12.8 Å². The van der Waals surface area contributed by atoms with Crippen LogP contribution in [0.25, 0.3) is 0 Å². The van der Waals surface area contributed by atoms with Crippen molar-refractivity contribution in [2.75, 3.05) is 33.9 Å². The summed E-state index contributed by atoms with van der Waals surface area (Å²) in [6.45, 7) is 2.53. The molecule has 152 valence electrons. The van der Waals surface area contributed by atoms with E-state index in [1.165, 1.54) is 13.2 Å². The minimum Gasteiger partial charge on any atom is -0.493 e. The second-order valence-electron chi connectivity index (χ2n) is 6.57. The van der Waals surface area contributed by atoms with Gasteiger partial charge in [0.1, 0.15) is 0 Å². The monoisotopic (exact) mass is 389 g/mol. The van der Waals surface area contributed by atoms with Gasteiger partial charge in [-0.3, -0.25) is 4.99 Å². The number of ether oxygens (including phenoxy) is 3. The Labute approximate surface area is 157 Å². The lowest BCUT2D eigenvalue weighted by atomic mass is 10.0. The van der Waals surface area contributed by atoms with Crippen LogP contribution in [0.4, 0.5) is 13.2 Å². The maximum atomic E-state index is 12.3. The van der Waals surface area contributed by atoms with Gasteiger partial charge >= 0.3 is 6.18 Å². The molecule has 1 heterocycles. The van der Waals surface area contributed by atoms with E-state index >= 15 is 0 Å². The van der Waals surface area contributed by atoms with Crippen molar-refractivity contribution in [1.29, 1.82) is 0 Å². The molecule has 2 N–H and O–H groups in total. The summed E-state index contributed by atoms with van der Waals surface area (Å²) in [5.41, 5.74) is 0.621. The van der Waals surface area contributed by atoms with E-state index in [0.717, 1.165) is 25.0 Å². The Hall–Kier alpha value is -2.16. The second kappa shape index (κ2) is 9.16. The number of aliphatic imine (C=N–C) groups is 1. The normalized spacial score (nSPS) is 20.4. The van der Waals surface area contributed by atoms with Crippen LogP contribution in [-0.4, -0.2) is 51.7 Å². The molecule has 0 saturated carbocycles. The van der Waals surface area contributed by atoms with Gasteiger partial charge in [-0.15, -0.1) is 0 Å². The van der Waals surface area contributed by atoms with Crippen molar-refractivity contribution in [2.24, 2.45) is 4.99 Å². The van der Waals surface area contributed by atoms with Gasteiger partial charge in [0, 0.05) is 26.7 Å². The molecule has 0 aromatic heterocycles. The predicted molar refractivity (Wildman–Crippen MR) is 96.3 cm³/mol. The molecule has 27 heavy (non-hydrogen) atoms. The molecule has 1 aromatic rings. The molecule has 1 aromatic carbocycles. The first-order valence-corrected chi connectivity index (χ1v) is 8.70. The van der Waals surface area contributed by atoms with Crippen LogP contribution in [0.15, 0.2) is 23.2 Å². The molecule has 6 nitrogen and oxygen atoms in total. The number of alkyl halides is 3. The average molecular weight is 389 g/mol. The third-order valence-corrected chi connectivity index (χ3v) is 4.23. The number of halogens is 3. The third kappa shape index (κ3) is 6.82. The molecule has 0 radical (unpaired) electrons. The fraction of sp³-hybridized carbons (Fsp3) is 0.611. The number of methoxy groups -OCH3 is 1. The smallest absolute Gasteiger partial charge is 0.422 e. The van der Waals surface area contributed by atoms with Crippen LogP contribution in [0, 0.1) is 0 Å². The van der Waals surface area contributed by atoms with Crippen LogP contribution < -0.4 is 20.1 Å². The van der Waals surface area contributed by atoms with E-state index in [1.54, 1.807) is 19.2 Å². The molecule has 1 saturated heterocycles. The van der Waals surface area contributed by atoms with E-state index in [1.807, 2.05) is 0 Å². The van der Waals surface area contributed by atoms with Crippen LogP contribution in [-0.2, 0) is 11.3 Å². The van der Waals surface area contributed by atoms with E-state index in [2.05, 4.69) is 22.5 Å². The lowest BCUT2D eigenvalue weighted by Gasteiger charge is -2.24. The summed E-state index contributed by atoms with van der Waals surface area (Å²) in [4.78, 5) is 4.17. The first-order chi connectivity index (χ1) is 12.7. The van der Waals surface area contributed by atoms with Gasteiger partial charge in [-0.05, 0) is 37.5 Å². The van der Waals surface area contributed by atoms with E-state index in [9.17, 15) is 13.2 Å². The van der Waals surface area contributed by atoms with Crippen molar-refractivity contribution < 1.29 is 27.4 Å². The van der Waals surface area contributed by atoms with Gasteiger partial charge in [0.15, 0.2) is 24.1 Å². The molecule has 0 spiro atoms. The van der Waals surface area contributed by atoms with Crippen LogP contribution >= 0.6 is 0 Å². The van der Waals surface area contributed by atoms with E-state index in [4.69, 9.17) is 14.2 Å². The van der Waals surface area contributed by atoms with Gasteiger partial charge in [-0.1, -0.05) is 6.07 Å². The highest BCUT2D eigenvalue weighted by Crippen LogP contribution is 2.29. The number of benzene rings is 1. The van der Waals surface area contributed by atoms with Gasteiger partial charge < -0.3 is 24.8 Å². The number of nitrogens with zero attached hydrogens (tertiary/aromatic N) is 1. The Morgan fingerprint density at radius 3 is 2.67 bits per heavy atom. The van der Waals surface area contributed by atoms with Crippen molar-refractivity contribution in [3.63, 3.8) is 0 Å². The summed E-state index contributed by atoms with van der Waals surface area (Å²) in [6, 6.07) is 4.77. The molecule has 1 unspecified atom stereocenters. The van der Waals surface area contributed by atoms with Crippen molar-refractivity contribution >= 4 is 5.96 Å². The lowest BCUT2D eigenvalue weighted by Crippen LogP contribution is -2.45. The van der Waals surface area contributed by atoms with Gasteiger partial charge in [-0.2, -0.15) is 13.2 Å². The summed E-state index contributed by atoms with van der Waals surface area (Å²) >= 11 is 0. The summed E-state index contributed by atoms with van der Waals surface area (Å²) in [7, 11) is 3.05. The number of guanidine groups is 1. The van der Waals surface area contributed by atoms with Gasteiger partial charge in [0.05, 0.1) is 12.7 Å². The molecule has 0 aliphatic carbocycles. The lowest BCUT2D eigenvalue weighted by molar-refractivity contribution is -0.153. The molecular formula is C18H26F3N3O3. The van der Waals surface area contributed by atoms with Gasteiger partial charge in [-0.25, -0.2) is 0 Å². The Kier molecular flexibility index (Phi) is 7.18. The minimum atomic E-state index is -4.40. The van der Waals surface area contributed by atoms with Crippen molar-refractivity contribution in [1.82, 2.24) is 10.6 Å². The number of nitrogens with one attached hydrogen (secondary N) is 2. The Morgan fingerprint density at radius 1 is 1.30 bits per heavy atom. The molecular weight excluding hydrogens is 363 g/mol. The topological polar surface area (TPSA) is 64.1 Å². The maximum absolute atomic E-state index is 12.3. The van der Waals surface area contributed by atoms with Crippen molar-refractivity contribution in [2.45, 2.75) is 38.1 Å². The second-order valence-corrected chi connectivity index (χ2v) is 6.57. The Bertz CT molecular complexity index is 644. The maximum Gasteiger partial charge on any atom is 0.422 e. The fourth-order valence-electron chi connectivity index (χ4n) is 2.75. The molecule has 1 fully saturated rings. The first-order valence-electron chi connectivity index (χ1n) is 8.70. The third-order valence-electron chi connectivity index (χ3n) is 4.23. The Balaban J connectivity index is 1.90. The summed E-state index contributed by atoms with van der Waals surface area (Å²) < 4.78 is 52.6. The van der Waals surface area contributed by atoms with Gasteiger partial charge in [0.2, 0.25) is 0 Å². The quantitative estimate of drug-likeness (QED) is 0.555. The largest absolute Gasteiger partial charge is 0.493 e. The molecule has 1 aliphatic rings. The number of rotatable bonds is 7. The van der Waals surface area contributed by atoms with E-state index in [0.29, 0.717) is 19.0 Å². The molecule has 1 atom stereocenters. The standard InChI is InChI=1S/C18H26F3N3O3/c1-17(7-4-8-27-17)11-24-16(22-2)23-10-13-5-6-14(15(9-13)25-3)26-12-18(19,20)21/h5-6,9H,4,7-8,10-12H2,1-3H3,(H2,22,23,24). The zero-order chi connectivity index (χ0) is 19.9. The first kappa shape index (κ1) is 21.1. The van der Waals surface area contributed by atoms with Crippen LogP contribution in [0.1, 0.15) is 25.3 Å². The SMILES string of the molecule is CN=C(NCc1ccc(OCC(F)(F)F)c(OC)c1)NCC1(C)CCCO1. The van der Waals surface area contributed by atoms with Crippen molar-refractivity contribution in [3.05, 3.63) is 23.8 Å². The summed E-state index contributed by atoms with van der Waals surface area (Å²) in [6.07, 6.45) is -2.36. The van der Waals surface area contributed by atoms with Gasteiger partial charge in [0.25, 0.3) is 0 Å². The van der Waals surface area contributed by atoms with Crippen molar-refractivity contribution in [3.8, 4) is 11.5 Å². The summed E-state index contributed by atoms with van der Waals surface area (Å²) in [5.74, 6) is 0.906. The molecule has 0 bridgehead atoms. The highest BCUT2D eigenvalue weighted by molar-refractivity contribution is 5.79. The molecule has 1 aliphatic heterocycles. The Morgan fingerprint density at radius 2 is 2.07 bits per heavy atom. The number of hydrogen-bond acceptors (Lipinski definition) is 4. The fourth-order valence-corrected chi connectivity index (χ4v) is 2.75. The predicted octanol–water partition coefficient (Wildman–Crippen LogP) is 2.87. The molecule has 9 heteroatoms. The zero-order valence-corrected chi connectivity index (χ0v) is 15.8. The molecule has 0 amide bonds. The minimum absolute atomic E-state index is 0.0485. The summed E-state index contributed by atoms with van der Waals surface area (Å²) in [5, 5.41) is 6.39. The van der Waals surface area contributed by atoms with Crippen LogP contribution in [0.3, 0.4) is 0 Å².